The number of nitrogens with zero attached hydrogens (tertiary/aromatic N) is 1. The molecule has 1 N–H and O–H groups in total. The van der Waals surface area contributed by atoms with Crippen LogP contribution in [0, 0.1) is 11.6 Å². The fraction of sp³-hybridized carbons (Fsp3) is 0.125. The minimum atomic E-state index is -0.861. The quantitative estimate of drug-likeness (QED) is 0.765. The Morgan fingerprint density at radius 2 is 2.00 bits per heavy atom. The van der Waals surface area contributed by atoms with E-state index in [-0.39, 0.29) is 0 Å². The van der Waals surface area contributed by atoms with Crippen LogP contribution in [0.25, 0.3) is 10.2 Å². The van der Waals surface area contributed by atoms with Crippen molar-refractivity contribution in [2.75, 3.05) is 12.4 Å². The Balaban J connectivity index is 2.70. The van der Waals surface area contributed by atoms with E-state index in [4.69, 9.17) is 0 Å². The van der Waals surface area contributed by atoms with Crippen LogP contribution in [0.1, 0.15) is 0 Å². The number of benzene rings is 1. The number of thiazole rings is 1. The minimum Gasteiger partial charge on any atom is -0.365 e. The Morgan fingerprint density at radius 3 is 2.69 bits per heavy atom. The highest BCUT2D eigenvalue weighted by atomic mass is 32.1. The van der Waals surface area contributed by atoms with E-state index in [2.05, 4.69) is 10.3 Å². The van der Waals surface area contributed by atoms with Crippen molar-refractivity contribution >= 4 is 26.7 Å². The second kappa shape index (κ2) is 2.92. The number of fused-ring (bicyclic) bond motifs is 1. The molecule has 1 heterocycles. The molecule has 0 bridgehead atoms. The zero-order valence-corrected chi connectivity index (χ0v) is 7.58. The maximum atomic E-state index is 12.7. The fourth-order valence-electron chi connectivity index (χ4n) is 1.03. The van der Waals surface area contributed by atoms with Gasteiger partial charge in [-0.25, -0.2) is 13.8 Å². The highest BCUT2D eigenvalue weighted by Gasteiger charge is 2.07. The van der Waals surface area contributed by atoms with Crippen molar-refractivity contribution in [1.82, 2.24) is 4.98 Å². The van der Waals surface area contributed by atoms with Gasteiger partial charge in [0.2, 0.25) is 0 Å². The van der Waals surface area contributed by atoms with E-state index in [1.54, 1.807) is 7.05 Å². The lowest BCUT2D eigenvalue weighted by Gasteiger charge is -1.89. The monoisotopic (exact) mass is 200 g/mol. The number of anilines is 1. The summed E-state index contributed by atoms with van der Waals surface area (Å²) in [6, 6.07) is 2.26. The highest BCUT2D eigenvalue weighted by Crippen LogP contribution is 2.27. The third kappa shape index (κ3) is 1.35. The van der Waals surface area contributed by atoms with Gasteiger partial charge in [-0.05, 0) is 6.07 Å². The van der Waals surface area contributed by atoms with E-state index in [1.807, 2.05) is 0 Å². The molecule has 0 atom stereocenters. The first-order valence-electron chi connectivity index (χ1n) is 3.64. The zero-order chi connectivity index (χ0) is 9.42. The lowest BCUT2D eigenvalue weighted by molar-refractivity contribution is 0.511. The van der Waals surface area contributed by atoms with E-state index in [0.717, 1.165) is 12.1 Å². The molecule has 0 fully saturated rings. The lowest BCUT2D eigenvalue weighted by Crippen LogP contribution is -1.84. The molecule has 0 aliphatic carbocycles. The molecule has 1 aromatic heterocycles. The van der Waals surface area contributed by atoms with Crippen molar-refractivity contribution in [1.29, 1.82) is 0 Å². The highest BCUT2D eigenvalue weighted by molar-refractivity contribution is 7.22. The number of hydrogen-bond donors (Lipinski definition) is 1. The van der Waals surface area contributed by atoms with Crippen molar-refractivity contribution in [2.24, 2.45) is 0 Å². The van der Waals surface area contributed by atoms with Crippen LogP contribution < -0.4 is 5.32 Å². The maximum absolute atomic E-state index is 12.7. The van der Waals surface area contributed by atoms with Crippen molar-refractivity contribution in [2.45, 2.75) is 0 Å². The second-order valence-electron chi connectivity index (χ2n) is 2.50. The summed E-state index contributed by atoms with van der Waals surface area (Å²) in [4.78, 5) is 4.03. The summed E-state index contributed by atoms with van der Waals surface area (Å²) in [7, 11) is 1.71. The normalized spacial score (nSPS) is 10.7. The topological polar surface area (TPSA) is 24.9 Å². The first-order valence-corrected chi connectivity index (χ1v) is 4.45. The molecule has 0 aliphatic rings. The van der Waals surface area contributed by atoms with Gasteiger partial charge in [-0.1, -0.05) is 11.3 Å². The summed E-state index contributed by atoms with van der Waals surface area (Å²) in [5.74, 6) is -1.70. The maximum Gasteiger partial charge on any atom is 0.183 e. The first kappa shape index (κ1) is 8.37. The zero-order valence-electron chi connectivity index (χ0n) is 6.77. The lowest BCUT2D eigenvalue weighted by atomic mass is 10.3. The van der Waals surface area contributed by atoms with Crippen molar-refractivity contribution < 1.29 is 8.78 Å². The number of nitrogens with one attached hydrogen (secondary N) is 1. The number of halogens is 2. The molecule has 1 aromatic carbocycles. The van der Waals surface area contributed by atoms with E-state index in [1.165, 1.54) is 11.3 Å². The molecule has 68 valence electrons. The molecule has 0 saturated heterocycles. The van der Waals surface area contributed by atoms with Crippen molar-refractivity contribution in [3.05, 3.63) is 23.8 Å². The van der Waals surface area contributed by atoms with Gasteiger partial charge in [0.25, 0.3) is 0 Å². The van der Waals surface area contributed by atoms with Crippen molar-refractivity contribution in [3.63, 3.8) is 0 Å². The van der Waals surface area contributed by atoms with Gasteiger partial charge >= 0.3 is 0 Å². The first-order chi connectivity index (χ1) is 6.20. The molecule has 0 saturated carbocycles. The van der Waals surface area contributed by atoms with Crippen molar-refractivity contribution in [3.8, 4) is 0 Å². The Kier molecular flexibility index (Phi) is 1.88. The van der Waals surface area contributed by atoms with Crippen LogP contribution in [-0.2, 0) is 0 Å². The third-order valence-electron chi connectivity index (χ3n) is 1.64. The summed E-state index contributed by atoms with van der Waals surface area (Å²) in [6.45, 7) is 0. The molecule has 0 unspecified atom stereocenters. The van der Waals surface area contributed by atoms with Gasteiger partial charge in [0.05, 0.1) is 10.2 Å². The van der Waals surface area contributed by atoms with Crippen LogP contribution in [0.2, 0.25) is 0 Å². The molecule has 0 amide bonds. The molecule has 0 spiro atoms. The predicted octanol–water partition coefficient (Wildman–Crippen LogP) is 2.62. The summed E-state index contributed by atoms with van der Waals surface area (Å²) >= 11 is 1.29. The predicted molar refractivity (Wildman–Crippen MR) is 49.1 cm³/mol. The Morgan fingerprint density at radius 1 is 1.31 bits per heavy atom. The van der Waals surface area contributed by atoms with Crippen LogP contribution in [0.4, 0.5) is 13.9 Å². The molecule has 13 heavy (non-hydrogen) atoms. The molecule has 2 rings (SSSR count). The number of rotatable bonds is 1. The summed E-state index contributed by atoms with van der Waals surface area (Å²) in [6.07, 6.45) is 0. The van der Waals surface area contributed by atoms with E-state index in [9.17, 15) is 8.78 Å². The molecule has 0 aliphatic heterocycles. The smallest absolute Gasteiger partial charge is 0.183 e. The van der Waals surface area contributed by atoms with Crippen LogP contribution in [0.3, 0.4) is 0 Å². The molecular weight excluding hydrogens is 194 g/mol. The molecular formula is C8H6F2N2S. The molecule has 5 heteroatoms. The third-order valence-corrected chi connectivity index (χ3v) is 2.68. The largest absolute Gasteiger partial charge is 0.365 e. The fourth-order valence-corrected chi connectivity index (χ4v) is 1.86. The average Bonchev–Trinajstić information content (AvgIpc) is 2.48. The van der Waals surface area contributed by atoms with Gasteiger partial charge in [-0.3, -0.25) is 0 Å². The molecule has 2 nitrogen and oxygen atoms in total. The van der Waals surface area contributed by atoms with Gasteiger partial charge in [-0.2, -0.15) is 0 Å². The van der Waals surface area contributed by atoms with E-state index >= 15 is 0 Å². The van der Waals surface area contributed by atoms with Crippen LogP contribution in [0.15, 0.2) is 12.1 Å². The van der Waals surface area contributed by atoms with E-state index < -0.39 is 11.6 Å². The summed E-state index contributed by atoms with van der Waals surface area (Å²) in [5.41, 5.74) is 0.480. The van der Waals surface area contributed by atoms with Gasteiger partial charge in [0.15, 0.2) is 16.8 Å². The van der Waals surface area contributed by atoms with Gasteiger partial charge < -0.3 is 5.32 Å². The minimum absolute atomic E-state index is 0.480. The van der Waals surface area contributed by atoms with Crippen LogP contribution >= 0.6 is 11.3 Å². The Bertz CT molecular complexity index is 414. The van der Waals surface area contributed by atoms with Gasteiger partial charge in [0.1, 0.15) is 0 Å². The standard InChI is InChI=1S/C8H6F2N2S/c1-11-8-12-6-2-4(9)5(10)3-7(6)13-8/h2-3H,1H3,(H,11,12). The SMILES string of the molecule is CNc1nc2cc(F)c(F)cc2s1. The Labute approximate surface area is 77.2 Å². The molecule has 0 radical (unpaired) electrons. The van der Waals surface area contributed by atoms with Crippen LogP contribution in [-0.4, -0.2) is 12.0 Å². The Hall–Kier alpha value is -1.23. The summed E-state index contributed by atoms with van der Waals surface area (Å²) in [5, 5.41) is 3.47. The second-order valence-corrected chi connectivity index (χ2v) is 3.53. The summed E-state index contributed by atoms with van der Waals surface area (Å²) < 4.78 is 26.1. The average molecular weight is 200 g/mol. The number of aromatic nitrogens is 1. The van der Waals surface area contributed by atoms with Gasteiger partial charge in [-0.15, -0.1) is 0 Å². The number of hydrogen-bond acceptors (Lipinski definition) is 3. The molecule has 2 aromatic rings. The van der Waals surface area contributed by atoms with E-state index in [0.29, 0.717) is 15.3 Å². The van der Waals surface area contributed by atoms with Gasteiger partial charge in [0, 0.05) is 13.1 Å². The van der Waals surface area contributed by atoms with Crippen LogP contribution in [0.5, 0.6) is 0 Å².